The molecule has 0 saturated carbocycles. The Labute approximate surface area is 134 Å². The Morgan fingerprint density at radius 2 is 1.96 bits per heavy atom. The molecule has 0 atom stereocenters. The van der Waals surface area contributed by atoms with Crippen molar-refractivity contribution >= 4 is 11.0 Å². The molecule has 1 aromatic carbocycles. The molecule has 5 heteroatoms. The minimum atomic E-state index is 0.0834. The molecule has 0 radical (unpaired) electrons. The van der Waals surface area contributed by atoms with Gasteiger partial charge in [-0.3, -0.25) is 9.36 Å². The Morgan fingerprint density at radius 1 is 1.17 bits per heavy atom. The van der Waals surface area contributed by atoms with E-state index in [2.05, 4.69) is 0 Å². The van der Waals surface area contributed by atoms with Gasteiger partial charge in [0, 0.05) is 20.0 Å². The molecule has 0 N–H and O–H groups in total. The number of methoxy groups -OCH3 is 1. The first-order valence-electron chi connectivity index (χ1n) is 7.92. The van der Waals surface area contributed by atoms with Crippen molar-refractivity contribution in [3.63, 3.8) is 0 Å². The van der Waals surface area contributed by atoms with E-state index in [0.29, 0.717) is 5.39 Å². The number of aryl methyl sites for hydroxylation is 2. The smallest absolute Gasteiger partial charge is 0.263 e. The summed E-state index contributed by atoms with van der Waals surface area (Å²) >= 11 is 0. The predicted octanol–water partition coefficient (Wildman–Crippen LogP) is 2.75. The molecule has 0 unspecified atom stereocenters. The van der Waals surface area contributed by atoms with Crippen LogP contribution in [0.25, 0.3) is 22.3 Å². The van der Waals surface area contributed by atoms with Gasteiger partial charge < -0.3 is 9.30 Å². The van der Waals surface area contributed by atoms with Crippen LogP contribution in [0.15, 0.2) is 35.1 Å². The Bertz CT molecular complexity index is 936. The molecular weight excluding hydrogens is 290 g/mol. The van der Waals surface area contributed by atoms with Gasteiger partial charge in [0.1, 0.15) is 17.2 Å². The first-order valence-corrected chi connectivity index (χ1v) is 7.92. The Balaban J connectivity index is 1.93. The number of rotatable bonds is 2. The van der Waals surface area contributed by atoms with Crippen molar-refractivity contribution in [2.24, 2.45) is 7.05 Å². The van der Waals surface area contributed by atoms with E-state index in [0.717, 1.165) is 54.3 Å². The third-order valence-electron chi connectivity index (χ3n) is 4.64. The summed E-state index contributed by atoms with van der Waals surface area (Å²) in [5.41, 5.74) is 2.90. The van der Waals surface area contributed by atoms with Crippen LogP contribution in [-0.4, -0.2) is 21.2 Å². The summed E-state index contributed by atoms with van der Waals surface area (Å²) in [5.74, 6) is 1.73. The van der Waals surface area contributed by atoms with E-state index in [1.54, 1.807) is 7.11 Å². The summed E-state index contributed by atoms with van der Waals surface area (Å²) in [6.07, 6.45) is 3.04. The molecule has 4 rings (SSSR count). The van der Waals surface area contributed by atoms with Gasteiger partial charge in [0.2, 0.25) is 0 Å². The van der Waals surface area contributed by atoms with Crippen molar-refractivity contribution in [2.45, 2.75) is 25.8 Å². The van der Waals surface area contributed by atoms with Crippen molar-refractivity contribution in [3.8, 4) is 17.0 Å². The number of fused-ring (bicyclic) bond motifs is 2. The summed E-state index contributed by atoms with van der Waals surface area (Å²) < 4.78 is 9.05. The number of hydrogen-bond acceptors (Lipinski definition) is 3. The molecule has 5 nitrogen and oxygen atoms in total. The summed E-state index contributed by atoms with van der Waals surface area (Å²) in [6.45, 7) is 0.782. The van der Waals surface area contributed by atoms with E-state index in [-0.39, 0.29) is 5.56 Å². The van der Waals surface area contributed by atoms with Crippen molar-refractivity contribution in [1.29, 1.82) is 0 Å². The van der Waals surface area contributed by atoms with Gasteiger partial charge >= 0.3 is 0 Å². The average Bonchev–Trinajstić information content (AvgIpc) is 2.93. The van der Waals surface area contributed by atoms with Crippen LogP contribution in [-0.2, 0) is 20.0 Å². The van der Waals surface area contributed by atoms with Crippen LogP contribution in [0.1, 0.15) is 18.7 Å². The zero-order chi connectivity index (χ0) is 16.0. The zero-order valence-corrected chi connectivity index (χ0v) is 13.4. The van der Waals surface area contributed by atoms with Gasteiger partial charge in [-0.25, -0.2) is 4.98 Å². The first kappa shape index (κ1) is 14.1. The molecule has 0 aliphatic carbocycles. The van der Waals surface area contributed by atoms with Gasteiger partial charge in [-0.15, -0.1) is 0 Å². The molecule has 0 saturated heterocycles. The van der Waals surface area contributed by atoms with Crippen molar-refractivity contribution in [3.05, 3.63) is 46.5 Å². The van der Waals surface area contributed by atoms with E-state index >= 15 is 0 Å². The van der Waals surface area contributed by atoms with Crippen molar-refractivity contribution in [1.82, 2.24) is 14.1 Å². The van der Waals surface area contributed by atoms with Crippen LogP contribution in [0.3, 0.4) is 0 Å². The Morgan fingerprint density at radius 3 is 2.70 bits per heavy atom. The largest absolute Gasteiger partial charge is 0.497 e. The first-order chi connectivity index (χ1) is 11.2. The number of aromatic nitrogens is 3. The molecular formula is C18H19N3O2. The highest BCUT2D eigenvalue weighted by Crippen LogP contribution is 2.27. The molecule has 0 bridgehead atoms. The van der Waals surface area contributed by atoms with Crippen LogP contribution in [0.2, 0.25) is 0 Å². The minimum Gasteiger partial charge on any atom is -0.497 e. The maximum absolute atomic E-state index is 12.8. The van der Waals surface area contributed by atoms with Gasteiger partial charge in [0.05, 0.1) is 18.2 Å². The predicted molar refractivity (Wildman–Crippen MR) is 89.9 cm³/mol. The highest BCUT2D eigenvalue weighted by Gasteiger charge is 2.18. The second-order valence-corrected chi connectivity index (χ2v) is 6.00. The SMILES string of the molecule is COc1ccc(-c2cc3c(=O)n4c(nc3n2C)CCCC4)cc1. The number of nitrogens with zero attached hydrogens (tertiary/aromatic N) is 3. The van der Waals surface area contributed by atoms with Crippen molar-refractivity contribution in [2.75, 3.05) is 7.11 Å². The third kappa shape index (κ3) is 2.15. The topological polar surface area (TPSA) is 49.1 Å². The highest BCUT2D eigenvalue weighted by molar-refractivity contribution is 5.83. The Kier molecular flexibility index (Phi) is 3.22. The number of benzene rings is 1. The number of ether oxygens (including phenoxy) is 1. The molecule has 1 aliphatic rings. The van der Waals surface area contributed by atoms with E-state index in [9.17, 15) is 4.79 Å². The fourth-order valence-electron chi connectivity index (χ4n) is 3.34. The molecule has 0 amide bonds. The highest BCUT2D eigenvalue weighted by atomic mass is 16.5. The molecule has 0 fully saturated rings. The second kappa shape index (κ2) is 5.26. The zero-order valence-electron chi connectivity index (χ0n) is 13.4. The third-order valence-corrected chi connectivity index (χ3v) is 4.64. The number of hydrogen-bond donors (Lipinski definition) is 0. The fraction of sp³-hybridized carbons (Fsp3) is 0.333. The lowest BCUT2D eigenvalue weighted by Crippen LogP contribution is -2.28. The van der Waals surface area contributed by atoms with Crippen LogP contribution >= 0.6 is 0 Å². The molecule has 118 valence electrons. The molecule has 3 heterocycles. The molecule has 0 spiro atoms. The van der Waals surface area contributed by atoms with Crippen LogP contribution in [0.5, 0.6) is 5.75 Å². The summed E-state index contributed by atoms with van der Waals surface area (Å²) in [7, 11) is 3.62. The molecule has 1 aliphatic heterocycles. The molecule has 3 aromatic rings. The fourth-order valence-corrected chi connectivity index (χ4v) is 3.34. The lowest BCUT2D eigenvalue weighted by Gasteiger charge is -2.17. The van der Waals surface area contributed by atoms with E-state index in [1.165, 1.54) is 0 Å². The van der Waals surface area contributed by atoms with E-state index in [1.807, 2.05) is 46.5 Å². The van der Waals surface area contributed by atoms with Gasteiger partial charge in [-0.05, 0) is 48.7 Å². The summed E-state index contributed by atoms with van der Waals surface area (Å²) in [5, 5.41) is 0.698. The van der Waals surface area contributed by atoms with Gasteiger partial charge in [-0.2, -0.15) is 0 Å². The van der Waals surface area contributed by atoms with E-state index < -0.39 is 0 Å². The molecule has 23 heavy (non-hydrogen) atoms. The summed E-state index contributed by atoms with van der Waals surface area (Å²) in [6, 6.07) is 9.82. The maximum atomic E-state index is 12.8. The van der Waals surface area contributed by atoms with Crippen LogP contribution < -0.4 is 10.3 Å². The Hall–Kier alpha value is -2.56. The quantitative estimate of drug-likeness (QED) is 0.731. The second-order valence-electron chi connectivity index (χ2n) is 6.00. The van der Waals surface area contributed by atoms with Crippen LogP contribution in [0.4, 0.5) is 0 Å². The van der Waals surface area contributed by atoms with Gasteiger partial charge in [0.25, 0.3) is 5.56 Å². The van der Waals surface area contributed by atoms with Crippen LogP contribution in [0, 0.1) is 0 Å². The lowest BCUT2D eigenvalue weighted by molar-refractivity contribution is 0.415. The monoisotopic (exact) mass is 309 g/mol. The standard InChI is InChI=1S/C18H19N3O2/c1-20-15(12-6-8-13(23-2)9-7-12)11-14-17(20)19-16-5-3-4-10-21(16)18(14)22/h6-9,11H,3-5,10H2,1-2H3. The van der Waals surface area contributed by atoms with E-state index in [4.69, 9.17) is 9.72 Å². The normalized spacial score (nSPS) is 14.0. The van der Waals surface area contributed by atoms with Gasteiger partial charge in [-0.1, -0.05) is 0 Å². The maximum Gasteiger partial charge on any atom is 0.263 e. The van der Waals surface area contributed by atoms with Gasteiger partial charge in [0.15, 0.2) is 0 Å². The lowest BCUT2D eigenvalue weighted by atomic mass is 10.1. The summed E-state index contributed by atoms with van der Waals surface area (Å²) in [4.78, 5) is 17.5. The minimum absolute atomic E-state index is 0.0834. The molecule has 2 aromatic heterocycles. The average molecular weight is 309 g/mol. The van der Waals surface area contributed by atoms with Crippen molar-refractivity contribution < 1.29 is 4.74 Å².